The number of aliphatic hydroxyl groups excluding tert-OH is 1. The Morgan fingerprint density at radius 1 is 1.31 bits per heavy atom. The molecule has 0 spiro atoms. The number of carbonyl (C=O) groups excluding carboxylic acids is 1. The van der Waals surface area contributed by atoms with Crippen LogP contribution in [-0.2, 0) is 11.2 Å². The Morgan fingerprint density at radius 3 is 2.62 bits per heavy atom. The molecule has 0 fully saturated rings. The third-order valence-electron chi connectivity index (χ3n) is 2.47. The molecule has 1 rings (SSSR count). The van der Waals surface area contributed by atoms with Crippen LogP contribution in [0.3, 0.4) is 0 Å². The molecule has 0 aliphatic heterocycles. The Hall–Kier alpha value is -1.39. The van der Waals surface area contributed by atoms with Gasteiger partial charge in [0.25, 0.3) is 0 Å². The molecule has 0 aliphatic rings. The number of hydrazine groups is 1. The van der Waals surface area contributed by atoms with Crippen molar-refractivity contribution in [3.63, 3.8) is 0 Å². The van der Waals surface area contributed by atoms with Gasteiger partial charge in [-0.15, -0.1) is 0 Å². The number of hydrogen-bond acceptors (Lipinski definition) is 3. The highest BCUT2D eigenvalue weighted by Crippen LogP contribution is 2.08. The lowest BCUT2D eigenvalue weighted by Gasteiger charge is -2.09. The monoisotopic (exact) mass is 222 g/mol. The van der Waals surface area contributed by atoms with Crippen LogP contribution in [0.2, 0.25) is 0 Å². The minimum atomic E-state index is -0.447. The number of rotatable bonds is 6. The molecule has 0 saturated heterocycles. The molecule has 0 bridgehead atoms. The molecular weight excluding hydrogens is 204 g/mol. The van der Waals surface area contributed by atoms with Gasteiger partial charge in [0.05, 0.1) is 6.10 Å². The zero-order valence-electron chi connectivity index (χ0n) is 9.23. The number of carbonyl (C=O) groups is 1. The summed E-state index contributed by atoms with van der Waals surface area (Å²) < 4.78 is 0. The average molecular weight is 222 g/mol. The highest BCUT2D eigenvalue weighted by atomic mass is 16.3. The minimum Gasteiger partial charge on any atom is -0.393 e. The van der Waals surface area contributed by atoms with Crippen molar-refractivity contribution in [3.05, 3.63) is 35.9 Å². The Labute approximate surface area is 95.4 Å². The zero-order chi connectivity index (χ0) is 11.8. The van der Waals surface area contributed by atoms with Crippen LogP contribution < -0.4 is 11.3 Å². The molecule has 4 heteroatoms. The number of hydrogen-bond donors (Lipinski definition) is 3. The second-order valence-corrected chi connectivity index (χ2v) is 3.78. The van der Waals surface area contributed by atoms with E-state index in [0.717, 1.165) is 6.42 Å². The van der Waals surface area contributed by atoms with Crippen molar-refractivity contribution in [2.45, 2.75) is 31.8 Å². The minimum absolute atomic E-state index is 0.237. The lowest BCUT2D eigenvalue weighted by atomic mass is 10.0. The SMILES string of the molecule is NNC(=O)CCC(O)CCc1ccccc1. The average Bonchev–Trinajstić information content (AvgIpc) is 2.34. The molecule has 0 aromatic heterocycles. The van der Waals surface area contributed by atoms with Gasteiger partial charge in [-0.3, -0.25) is 10.2 Å². The van der Waals surface area contributed by atoms with Gasteiger partial charge >= 0.3 is 0 Å². The van der Waals surface area contributed by atoms with Crippen LogP contribution in [0.5, 0.6) is 0 Å². The Kier molecular flexibility index (Phi) is 5.53. The van der Waals surface area contributed by atoms with E-state index < -0.39 is 6.10 Å². The molecule has 1 atom stereocenters. The van der Waals surface area contributed by atoms with Crippen LogP contribution in [0.25, 0.3) is 0 Å². The van der Waals surface area contributed by atoms with Crippen LogP contribution in [0.15, 0.2) is 30.3 Å². The third-order valence-corrected chi connectivity index (χ3v) is 2.47. The van der Waals surface area contributed by atoms with Crippen molar-refractivity contribution in [2.24, 2.45) is 5.84 Å². The number of amides is 1. The Morgan fingerprint density at radius 2 is 2.00 bits per heavy atom. The Bertz CT molecular complexity index is 314. The summed E-state index contributed by atoms with van der Waals surface area (Å²) >= 11 is 0. The fraction of sp³-hybridized carbons (Fsp3) is 0.417. The fourth-order valence-corrected chi connectivity index (χ4v) is 1.49. The van der Waals surface area contributed by atoms with Crippen molar-refractivity contribution in [1.82, 2.24) is 5.43 Å². The van der Waals surface area contributed by atoms with Crippen LogP contribution in [0.1, 0.15) is 24.8 Å². The molecule has 0 aliphatic carbocycles. The van der Waals surface area contributed by atoms with Gasteiger partial charge in [0.1, 0.15) is 0 Å². The highest BCUT2D eigenvalue weighted by Gasteiger charge is 2.07. The number of aryl methyl sites for hydroxylation is 1. The van der Waals surface area contributed by atoms with Crippen molar-refractivity contribution < 1.29 is 9.90 Å². The predicted octanol–water partition coefficient (Wildman–Crippen LogP) is 0.750. The fourth-order valence-electron chi connectivity index (χ4n) is 1.49. The van der Waals surface area contributed by atoms with Gasteiger partial charge in [-0.25, -0.2) is 5.84 Å². The molecule has 1 aromatic rings. The lowest BCUT2D eigenvalue weighted by molar-refractivity contribution is -0.121. The molecule has 1 aromatic carbocycles. The molecule has 88 valence electrons. The van der Waals surface area contributed by atoms with E-state index in [2.05, 4.69) is 0 Å². The molecule has 4 N–H and O–H groups in total. The molecule has 1 unspecified atom stereocenters. The molecule has 0 radical (unpaired) electrons. The number of benzene rings is 1. The van der Waals surface area contributed by atoms with Crippen molar-refractivity contribution in [2.75, 3.05) is 0 Å². The predicted molar refractivity (Wildman–Crippen MR) is 62.3 cm³/mol. The first-order chi connectivity index (χ1) is 7.72. The zero-order valence-corrected chi connectivity index (χ0v) is 9.23. The maximum Gasteiger partial charge on any atom is 0.233 e. The maximum absolute atomic E-state index is 10.8. The molecule has 0 heterocycles. The normalized spacial score (nSPS) is 12.1. The summed E-state index contributed by atoms with van der Waals surface area (Å²) in [6.45, 7) is 0. The second-order valence-electron chi connectivity index (χ2n) is 3.78. The van der Waals surface area contributed by atoms with E-state index in [9.17, 15) is 9.90 Å². The molecule has 1 amide bonds. The smallest absolute Gasteiger partial charge is 0.233 e. The summed E-state index contributed by atoms with van der Waals surface area (Å²) in [5, 5.41) is 9.63. The summed E-state index contributed by atoms with van der Waals surface area (Å²) in [7, 11) is 0. The largest absolute Gasteiger partial charge is 0.393 e. The van der Waals surface area contributed by atoms with E-state index in [0.29, 0.717) is 12.8 Å². The topological polar surface area (TPSA) is 75.3 Å². The first-order valence-electron chi connectivity index (χ1n) is 5.44. The number of nitrogens with one attached hydrogen (secondary N) is 1. The molecular formula is C12H18N2O2. The summed E-state index contributed by atoms with van der Waals surface area (Å²) in [6, 6.07) is 9.97. The van der Waals surface area contributed by atoms with Gasteiger partial charge in [-0.2, -0.15) is 0 Å². The van der Waals surface area contributed by atoms with E-state index in [1.54, 1.807) is 0 Å². The van der Waals surface area contributed by atoms with Gasteiger partial charge in [-0.1, -0.05) is 30.3 Å². The first-order valence-corrected chi connectivity index (χ1v) is 5.44. The molecule has 0 saturated carbocycles. The van der Waals surface area contributed by atoms with Gasteiger partial charge < -0.3 is 5.11 Å². The van der Waals surface area contributed by atoms with Crippen LogP contribution >= 0.6 is 0 Å². The van der Waals surface area contributed by atoms with Gasteiger partial charge in [0.15, 0.2) is 0 Å². The second kappa shape index (κ2) is 6.98. The van der Waals surface area contributed by atoms with Crippen LogP contribution in [0.4, 0.5) is 0 Å². The van der Waals surface area contributed by atoms with Crippen LogP contribution in [0, 0.1) is 0 Å². The van der Waals surface area contributed by atoms with E-state index in [1.807, 2.05) is 35.8 Å². The lowest BCUT2D eigenvalue weighted by Crippen LogP contribution is -2.30. The highest BCUT2D eigenvalue weighted by molar-refractivity contribution is 5.75. The van der Waals surface area contributed by atoms with E-state index in [4.69, 9.17) is 5.84 Å². The summed E-state index contributed by atoms with van der Waals surface area (Å²) in [5.41, 5.74) is 3.24. The number of aliphatic hydroxyl groups is 1. The van der Waals surface area contributed by atoms with Crippen molar-refractivity contribution in [3.8, 4) is 0 Å². The van der Waals surface area contributed by atoms with Gasteiger partial charge in [0.2, 0.25) is 5.91 Å². The van der Waals surface area contributed by atoms with Crippen molar-refractivity contribution >= 4 is 5.91 Å². The summed E-state index contributed by atoms with van der Waals surface area (Å²) in [5.74, 6) is 4.70. The molecule has 4 nitrogen and oxygen atoms in total. The van der Waals surface area contributed by atoms with Crippen LogP contribution in [-0.4, -0.2) is 17.1 Å². The van der Waals surface area contributed by atoms with E-state index >= 15 is 0 Å². The summed E-state index contributed by atoms with van der Waals surface area (Å²) in [6.07, 6.45) is 1.77. The molecule has 16 heavy (non-hydrogen) atoms. The quantitative estimate of drug-likeness (QED) is 0.378. The van der Waals surface area contributed by atoms with Gasteiger partial charge in [-0.05, 0) is 24.8 Å². The van der Waals surface area contributed by atoms with Crippen molar-refractivity contribution in [1.29, 1.82) is 0 Å². The van der Waals surface area contributed by atoms with Gasteiger partial charge in [0, 0.05) is 6.42 Å². The Balaban J connectivity index is 2.20. The third kappa shape index (κ3) is 4.91. The van der Waals surface area contributed by atoms with E-state index in [-0.39, 0.29) is 12.3 Å². The maximum atomic E-state index is 10.8. The first kappa shape index (κ1) is 12.7. The summed E-state index contributed by atoms with van der Waals surface area (Å²) in [4.78, 5) is 10.8. The standard InChI is InChI=1S/C12H18N2O2/c13-14-12(16)9-8-11(15)7-6-10-4-2-1-3-5-10/h1-5,11,15H,6-9,13H2,(H,14,16). The van der Waals surface area contributed by atoms with E-state index in [1.165, 1.54) is 5.56 Å². The number of nitrogens with two attached hydrogens (primary N) is 1.